The lowest BCUT2D eigenvalue weighted by molar-refractivity contribution is -0.116. The highest BCUT2D eigenvalue weighted by Gasteiger charge is 2.21. The van der Waals surface area contributed by atoms with Gasteiger partial charge in [0.05, 0.1) is 0 Å². The lowest BCUT2D eigenvalue weighted by atomic mass is 10.2. The first-order valence-corrected chi connectivity index (χ1v) is 10.9. The van der Waals surface area contributed by atoms with E-state index in [1.165, 1.54) is 16.2 Å². The minimum atomic E-state index is -0.291. The molecule has 2 heterocycles. The van der Waals surface area contributed by atoms with Crippen molar-refractivity contribution in [2.24, 2.45) is 0 Å². The maximum atomic E-state index is 12.9. The second-order valence-corrected chi connectivity index (χ2v) is 7.99. The summed E-state index contributed by atoms with van der Waals surface area (Å²) < 4.78 is 11.0. The molecule has 3 aromatic rings. The van der Waals surface area contributed by atoms with Gasteiger partial charge in [0.25, 0.3) is 5.91 Å². The van der Waals surface area contributed by atoms with Crippen LogP contribution in [0.15, 0.2) is 47.8 Å². The summed E-state index contributed by atoms with van der Waals surface area (Å²) in [6.07, 6.45) is 0. The third-order valence-corrected chi connectivity index (χ3v) is 5.74. The Morgan fingerprint density at radius 2 is 1.84 bits per heavy atom. The fraction of sp³-hybridized carbons (Fsp3) is 0.261. The second-order valence-electron chi connectivity index (χ2n) is 7.13. The summed E-state index contributed by atoms with van der Waals surface area (Å²) >= 11 is 1.41. The Morgan fingerprint density at radius 3 is 2.58 bits per heavy atom. The highest BCUT2D eigenvalue weighted by Crippen LogP contribution is 2.32. The number of hydrogen-bond acceptors (Lipinski definition) is 6. The van der Waals surface area contributed by atoms with Crippen LogP contribution in [-0.2, 0) is 4.79 Å². The van der Waals surface area contributed by atoms with Crippen molar-refractivity contribution in [2.75, 3.05) is 31.6 Å². The van der Waals surface area contributed by atoms with Crippen molar-refractivity contribution < 1.29 is 19.1 Å². The molecule has 0 bridgehead atoms. The minimum Gasteiger partial charge on any atom is -0.486 e. The van der Waals surface area contributed by atoms with Gasteiger partial charge >= 0.3 is 0 Å². The van der Waals surface area contributed by atoms with E-state index in [2.05, 4.69) is 10.3 Å². The third kappa shape index (κ3) is 4.86. The molecule has 7 nitrogen and oxygen atoms in total. The quantitative estimate of drug-likeness (QED) is 0.631. The molecule has 31 heavy (non-hydrogen) atoms. The number of anilines is 1. The van der Waals surface area contributed by atoms with Crippen molar-refractivity contribution in [1.29, 1.82) is 0 Å². The number of ether oxygens (including phenoxy) is 2. The predicted molar refractivity (Wildman–Crippen MR) is 120 cm³/mol. The van der Waals surface area contributed by atoms with Crippen molar-refractivity contribution in [3.8, 4) is 22.1 Å². The van der Waals surface area contributed by atoms with E-state index in [0.717, 1.165) is 16.1 Å². The van der Waals surface area contributed by atoms with E-state index in [9.17, 15) is 9.59 Å². The molecule has 0 atom stereocenters. The smallest absolute Gasteiger partial charge is 0.273 e. The number of thiazole rings is 1. The van der Waals surface area contributed by atoms with Gasteiger partial charge in [-0.3, -0.25) is 9.59 Å². The van der Waals surface area contributed by atoms with Gasteiger partial charge in [0.15, 0.2) is 11.5 Å². The van der Waals surface area contributed by atoms with Crippen LogP contribution in [0.1, 0.15) is 23.0 Å². The van der Waals surface area contributed by atoms with E-state index >= 15 is 0 Å². The van der Waals surface area contributed by atoms with Gasteiger partial charge in [-0.05, 0) is 26.0 Å². The van der Waals surface area contributed by atoms with Gasteiger partial charge in [0.1, 0.15) is 30.5 Å². The molecule has 1 N–H and O–H groups in total. The Balaban J connectivity index is 1.41. The lowest BCUT2D eigenvalue weighted by Gasteiger charge is -2.21. The molecule has 0 fully saturated rings. The molecule has 1 aliphatic rings. The van der Waals surface area contributed by atoms with E-state index in [-0.39, 0.29) is 18.4 Å². The molecule has 0 aliphatic carbocycles. The third-order valence-electron chi connectivity index (χ3n) is 4.85. The molecule has 4 rings (SSSR count). The van der Waals surface area contributed by atoms with Gasteiger partial charge < -0.3 is 19.7 Å². The zero-order valence-corrected chi connectivity index (χ0v) is 18.2. The number of amides is 2. The largest absolute Gasteiger partial charge is 0.486 e. The fourth-order valence-electron chi connectivity index (χ4n) is 3.18. The number of carbonyl (C=O) groups is 2. The number of hydrogen-bond donors (Lipinski definition) is 1. The summed E-state index contributed by atoms with van der Waals surface area (Å²) in [5.74, 6) is 0.691. The summed E-state index contributed by atoms with van der Waals surface area (Å²) in [5, 5.41) is 5.33. The van der Waals surface area contributed by atoms with Gasteiger partial charge in [0.2, 0.25) is 5.91 Å². The minimum absolute atomic E-state index is 0.0683. The Morgan fingerprint density at radius 1 is 1.10 bits per heavy atom. The van der Waals surface area contributed by atoms with Gasteiger partial charge in [-0.2, -0.15) is 0 Å². The standard InChI is InChI=1S/C23H23N3O4S/c1-3-26(13-21(27)24-17-8-9-19-20(12-17)30-11-10-29-19)23(28)18-14-31-22(25-18)16-6-4-15(2)5-7-16/h4-9,12,14H,3,10-11,13H2,1-2H3,(H,24,27). The zero-order valence-electron chi connectivity index (χ0n) is 17.4. The number of rotatable bonds is 6. The number of benzene rings is 2. The van der Waals surface area contributed by atoms with Crippen LogP contribution in [0.2, 0.25) is 0 Å². The molecule has 1 aliphatic heterocycles. The van der Waals surface area contributed by atoms with Crippen LogP contribution < -0.4 is 14.8 Å². The summed E-state index contributed by atoms with van der Waals surface area (Å²) in [6, 6.07) is 13.2. The first-order valence-electron chi connectivity index (χ1n) is 10.0. The van der Waals surface area contributed by atoms with E-state index in [4.69, 9.17) is 9.47 Å². The van der Waals surface area contributed by atoms with E-state index in [1.54, 1.807) is 23.6 Å². The number of aryl methyl sites for hydroxylation is 1. The molecule has 0 unspecified atom stereocenters. The SMILES string of the molecule is CCN(CC(=O)Nc1ccc2c(c1)OCCO2)C(=O)c1csc(-c2ccc(C)cc2)n1. The second kappa shape index (κ2) is 9.18. The number of carbonyl (C=O) groups excluding carboxylic acids is 2. The van der Waals surface area contributed by atoms with Crippen LogP contribution in [0.3, 0.4) is 0 Å². The molecule has 0 radical (unpaired) electrons. The van der Waals surface area contributed by atoms with Crippen LogP contribution in [0, 0.1) is 6.92 Å². The first kappa shape index (κ1) is 20.9. The molecule has 8 heteroatoms. The molecular formula is C23H23N3O4S. The number of nitrogens with one attached hydrogen (secondary N) is 1. The molecule has 0 saturated carbocycles. The Labute approximate surface area is 184 Å². The van der Waals surface area contributed by atoms with Gasteiger partial charge in [-0.1, -0.05) is 29.8 Å². The van der Waals surface area contributed by atoms with Crippen molar-refractivity contribution in [3.05, 3.63) is 59.1 Å². The number of aromatic nitrogens is 1. The maximum absolute atomic E-state index is 12.9. The van der Waals surface area contributed by atoms with E-state index < -0.39 is 0 Å². The topological polar surface area (TPSA) is 80.8 Å². The van der Waals surface area contributed by atoms with Crippen LogP contribution in [0.25, 0.3) is 10.6 Å². The van der Waals surface area contributed by atoms with Crippen molar-refractivity contribution in [1.82, 2.24) is 9.88 Å². The zero-order chi connectivity index (χ0) is 21.8. The molecule has 2 aromatic carbocycles. The Bertz CT molecular complexity index is 1090. The highest BCUT2D eigenvalue weighted by atomic mass is 32.1. The van der Waals surface area contributed by atoms with Crippen LogP contribution >= 0.6 is 11.3 Å². The fourth-order valence-corrected chi connectivity index (χ4v) is 3.98. The summed E-state index contributed by atoms with van der Waals surface area (Å²) in [4.78, 5) is 31.4. The number of nitrogens with zero attached hydrogens (tertiary/aromatic N) is 2. The van der Waals surface area contributed by atoms with Crippen molar-refractivity contribution >= 4 is 28.8 Å². The molecule has 160 valence electrons. The average Bonchev–Trinajstić information content (AvgIpc) is 3.27. The molecule has 2 amide bonds. The monoisotopic (exact) mass is 437 g/mol. The number of fused-ring (bicyclic) bond motifs is 1. The molecule has 0 saturated heterocycles. The first-order chi connectivity index (χ1) is 15.0. The summed E-state index contributed by atoms with van der Waals surface area (Å²) in [6.45, 7) is 5.17. The molecule has 1 aromatic heterocycles. The average molecular weight is 438 g/mol. The Kier molecular flexibility index (Phi) is 6.18. The summed E-state index contributed by atoms with van der Waals surface area (Å²) in [7, 11) is 0. The number of likely N-dealkylation sites (N-methyl/N-ethyl adjacent to an activating group) is 1. The highest BCUT2D eigenvalue weighted by molar-refractivity contribution is 7.13. The van der Waals surface area contributed by atoms with Gasteiger partial charge in [-0.25, -0.2) is 4.98 Å². The lowest BCUT2D eigenvalue weighted by Crippen LogP contribution is -2.38. The normalized spacial score (nSPS) is 12.3. The van der Waals surface area contributed by atoms with Gasteiger partial charge in [0, 0.05) is 29.2 Å². The van der Waals surface area contributed by atoms with E-state index in [0.29, 0.717) is 42.6 Å². The molecular weight excluding hydrogens is 414 g/mol. The molecule has 0 spiro atoms. The van der Waals surface area contributed by atoms with Crippen molar-refractivity contribution in [3.63, 3.8) is 0 Å². The van der Waals surface area contributed by atoms with Crippen LogP contribution in [0.5, 0.6) is 11.5 Å². The van der Waals surface area contributed by atoms with E-state index in [1.807, 2.05) is 38.1 Å². The van der Waals surface area contributed by atoms with Crippen LogP contribution in [0.4, 0.5) is 5.69 Å². The van der Waals surface area contributed by atoms with Crippen molar-refractivity contribution in [2.45, 2.75) is 13.8 Å². The van der Waals surface area contributed by atoms with Gasteiger partial charge in [-0.15, -0.1) is 11.3 Å². The summed E-state index contributed by atoms with van der Waals surface area (Å²) in [5.41, 5.74) is 3.06. The van der Waals surface area contributed by atoms with Crippen LogP contribution in [-0.4, -0.2) is 48.0 Å². The predicted octanol–water partition coefficient (Wildman–Crippen LogP) is 3.99. The Hall–Kier alpha value is -3.39. The maximum Gasteiger partial charge on any atom is 0.273 e.